The van der Waals surface area contributed by atoms with Crippen LogP contribution < -0.4 is 11.1 Å². The van der Waals surface area contributed by atoms with Crippen LogP contribution in [0.4, 0.5) is 11.5 Å². The second kappa shape index (κ2) is 6.06. The predicted octanol–water partition coefficient (Wildman–Crippen LogP) is 1.35. The standard InChI is InChI=1S/C12H18N4O/c1-8(2)5-10(17)7-16-12-11(14)9(6-13)3-4-15-12/h3-4,8,10,17H,5,7,14H2,1-2H3,(H,15,16). The normalized spacial score (nSPS) is 12.2. The van der Waals surface area contributed by atoms with Crippen molar-refractivity contribution in [1.29, 1.82) is 5.26 Å². The highest BCUT2D eigenvalue weighted by Gasteiger charge is 2.09. The van der Waals surface area contributed by atoms with Gasteiger partial charge in [0.25, 0.3) is 0 Å². The van der Waals surface area contributed by atoms with Crippen LogP contribution in [0.15, 0.2) is 12.3 Å². The summed E-state index contributed by atoms with van der Waals surface area (Å²) < 4.78 is 0. The van der Waals surface area contributed by atoms with E-state index in [1.165, 1.54) is 6.20 Å². The highest BCUT2D eigenvalue weighted by Crippen LogP contribution is 2.19. The number of nitrogens with two attached hydrogens (primary N) is 1. The highest BCUT2D eigenvalue weighted by molar-refractivity contribution is 5.68. The number of nitrogens with zero attached hydrogens (tertiary/aromatic N) is 2. The third-order valence-corrected chi connectivity index (χ3v) is 2.36. The van der Waals surface area contributed by atoms with Crippen LogP contribution in [0, 0.1) is 17.2 Å². The molecule has 5 nitrogen and oxygen atoms in total. The molecule has 17 heavy (non-hydrogen) atoms. The summed E-state index contributed by atoms with van der Waals surface area (Å²) in [4.78, 5) is 4.04. The number of hydrogen-bond acceptors (Lipinski definition) is 5. The summed E-state index contributed by atoms with van der Waals surface area (Å²) in [6.07, 6.45) is 1.79. The van der Waals surface area contributed by atoms with Crippen molar-refractivity contribution < 1.29 is 5.11 Å². The Morgan fingerprint density at radius 3 is 2.88 bits per heavy atom. The summed E-state index contributed by atoms with van der Waals surface area (Å²) in [5.74, 6) is 0.884. The van der Waals surface area contributed by atoms with E-state index in [9.17, 15) is 5.11 Å². The number of nitrogens with one attached hydrogen (secondary N) is 1. The average molecular weight is 234 g/mol. The number of aromatic nitrogens is 1. The van der Waals surface area contributed by atoms with E-state index in [1.807, 2.05) is 19.9 Å². The Balaban J connectivity index is 2.61. The largest absolute Gasteiger partial charge is 0.395 e. The third-order valence-electron chi connectivity index (χ3n) is 2.36. The molecule has 1 unspecified atom stereocenters. The van der Waals surface area contributed by atoms with Crippen molar-refractivity contribution in [2.45, 2.75) is 26.4 Å². The molecule has 1 aromatic rings. The predicted molar refractivity (Wildman–Crippen MR) is 67.3 cm³/mol. The van der Waals surface area contributed by atoms with Gasteiger partial charge in [0.1, 0.15) is 6.07 Å². The minimum atomic E-state index is -0.443. The van der Waals surface area contributed by atoms with Crippen molar-refractivity contribution in [2.75, 3.05) is 17.6 Å². The maximum atomic E-state index is 9.70. The molecule has 0 fully saturated rings. The SMILES string of the molecule is CC(C)CC(O)CNc1nccc(C#N)c1N. The number of anilines is 2. The zero-order valence-electron chi connectivity index (χ0n) is 10.1. The fourth-order valence-corrected chi connectivity index (χ4v) is 1.55. The van der Waals surface area contributed by atoms with Gasteiger partial charge in [-0.05, 0) is 18.4 Å². The monoisotopic (exact) mass is 234 g/mol. The van der Waals surface area contributed by atoms with Crippen molar-refractivity contribution >= 4 is 11.5 Å². The van der Waals surface area contributed by atoms with E-state index in [1.54, 1.807) is 6.07 Å². The van der Waals surface area contributed by atoms with E-state index in [0.29, 0.717) is 36.0 Å². The summed E-state index contributed by atoms with van der Waals surface area (Å²) in [5.41, 5.74) is 6.47. The van der Waals surface area contributed by atoms with Crippen LogP contribution in [0.1, 0.15) is 25.8 Å². The van der Waals surface area contributed by atoms with E-state index in [4.69, 9.17) is 11.0 Å². The molecule has 1 aromatic heterocycles. The van der Waals surface area contributed by atoms with Gasteiger partial charge in [-0.15, -0.1) is 0 Å². The molecule has 0 aliphatic rings. The van der Waals surface area contributed by atoms with E-state index in [-0.39, 0.29) is 0 Å². The van der Waals surface area contributed by atoms with Crippen molar-refractivity contribution in [3.8, 4) is 6.07 Å². The molecule has 0 bridgehead atoms. The van der Waals surface area contributed by atoms with Gasteiger partial charge in [0.05, 0.1) is 17.4 Å². The first-order chi connectivity index (χ1) is 8.04. The minimum absolute atomic E-state index is 0.326. The van der Waals surface area contributed by atoms with Gasteiger partial charge in [0, 0.05) is 12.7 Å². The van der Waals surface area contributed by atoms with Crippen LogP contribution in [0.2, 0.25) is 0 Å². The molecule has 0 aliphatic heterocycles. The Labute approximate surface area is 101 Å². The van der Waals surface area contributed by atoms with Gasteiger partial charge in [-0.2, -0.15) is 5.26 Å². The molecule has 5 heteroatoms. The summed E-state index contributed by atoms with van der Waals surface area (Å²) in [6.45, 7) is 4.47. The molecule has 0 spiro atoms. The Morgan fingerprint density at radius 2 is 2.29 bits per heavy atom. The van der Waals surface area contributed by atoms with Crippen LogP contribution in [-0.4, -0.2) is 22.7 Å². The van der Waals surface area contributed by atoms with E-state index in [2.05, 4.69) is 10.3 Å². The molecule has 0 amide bonds. The fraction of sp³-hybridized carbons (Fsp3) is 0.500. The summed E-state index contributed by atoms with van der Waals surface area (Å²) in [6, 6.07) is 3.55. The lowest BCUT2D eigenvalue weighted by molar-refractivity contribution is 0.161. The van der Waals surface area contributed by atoms with Gasteiger partial charge in [0.15, 0.2) is 5.82 Å². The van der Waals surface area contributed by atoms with Gasteiger partial charge in [-0.25, -0.2) is 4.98 Å². The van der Waals surface area contributed by atoms with Crippen LogP contribution >= 0.6 is 0 Å². The zero-order valence-corrected chi connectivity index (χ0v) is 10.1. The molecule has 1 rings (SSSR count). The van der Waals surface area contributed by atoms with Crippen molar-refractivity contribution in [1.82, 2.24) is 4.98 Å². The Hall–Kier alpha value is -1.80. The topological polar surface area (TPSA) is 95.0 Å². The van der Waals surface area contributed by atoms with Gasteiger partial charge >= 0.3 is 0 Å². The van der Waals surface area contributed by atoms with Crippen LogP contribution in [0.25, 0.3) is 0 Å². The molecule has 92 valence electrons. The van der Waals surface area contributed by atoms with Gasteiger partial charge in [0.2, 0.25) is 0 Å². The van der Waals surface area contributed by atoms with Gasteiger partial charge in [-0.1, -0.05) is 13.8 Å². The lowest BCUT2D eigenvalue weighted by Gasteiger charge is -2.15. The number of rotatable bonds is 5. The number of nitrogen functional groups attached to an aromatic ring is 1. The number of pyridine rings is 1. The summed E-state index contributed by atoms with van der Waals surface area (Å²) >= 11 is 0. The quantitative estimate of drug-likeness (QED) is 0.715. The van der Waals surface area contributed by atoms with Crippen molar-refractivity contribution in [2.24, 2.45) is 5.92 Å². The molecule has 0 saturated heterocycles. The maximum Gasteiger partial charge on any atom is 0.150 e. The number of nitriles is 1. The first-order valence-electron chi connectivity index (χ1n) is 5.61. The highest BCUT2D eigenvalue weighted by atomic mass is 16.3. The molecular weight excluding hydrogens is 216 g/mol. The molecule has 1 atom stereocenters. The van der Waals surface area contributed by atoms with Crippen LogP contribution in [-0.2, 0) is 0 Å². The lowest BCUT2D eigenvalue weighted by atomic mass is 10.1. The van der Waals surface area contributed by atoms with Gasteiger partial charge < -0.3 is 16.2 Å². The maximum absolute atomic E-state index is 9.70. The number of hydrogen-bond donors (Lipinski definition) is 3. The Kier molecular flexibility index (Phi) is 4.73. The van der Waals surface area contributed by atoms with E-state index < -0.39 is 6.10 Å². The molecule has 0 aromatic carbocycles. The third kappa shape index (κ3) is 3.93. The van der Waals surface area contributed by atoms with E-state index >= 15 is 0 Å². The minimum Gasteiger partial charge on any atom is -0.395 e. The second-order valence-electron chi connectivity index (χ2n) is 4.40. The molecule has 0 saturated carbocycles. The molecular formula is C12H18N4O. The smallest absolute Gasteiger partial charge is 0.150 e. The first-order valence-corrected chi connectivity index (χ1v) is 5.61. The van der Waals surface area contributed by atoms with Gasteiger partial charge in [-0.3, -0.25) is 0 Å². The summed E-state index contributed by atoms with van der Waals surface area (Å²) in [5, 5.41) is 21.5. The average Bonchev–Trinajstić information content (AvgIpc) is 2.27. The van der Waals surface area contributed by atoms with Crippen molar-refractivity contribution in [3.05, 3.63) is 17.8 Å². The number of aliphatic hydroxyl groups excluding tert-OH is 1. The molecule has 1 heterocycles. The zero-order chi connectivity index (χ0) is 12.8. The first kappa shape index (κ1) is 13.3. The van der Waals surface area contributed by atoms with Crippen LogP contribution in [0.5, 0.6) is 0 Å². The molecule has 4 N–H and O–H groups in total. The van der Waals surface area contributed by atoms with Crippen molar-refractivity contribution in [3.63, 3.8) is 0 Å². The molecule has 0 radical (unpaired) electrons. The second-order valence-corrected chi connectivity index (χ2v) is 4.40. The molecule has 0 aliphatic carbocycles. The lowest BCUT2D eigenvalue weighted by Crippen LogP contribution is -2.22. The Bertz CT molecular complexity index is 411. The summed E-state index contributed by atoms with van der Waals surface area (Å²) in [7, 11) is 0. The Morgan fingerprint density at radius 1 is 1.59 bits per heavy atom. The van der Waals surface area contributed by atoms with Crippen LogP contribution in [0.3, 0.4) is 0 Å². The van der Waals surface area contributed by atoms with E-state index in [0.717, 1.165) is 0 Å². The fourth-order valence-electron chi connectivity index (χ4n) is 1.55. The number of aliphatic hydroxyl groups is 1.